The van der Waals surface area contributed by atoms with E-state index in [9.17, 15) is 8.42 Å². The molecule has 0 fully saturated rings. The minimum Gasteiger partial charge on any atom is -0.382 e. The van der Waals surface area contributed by atoms with Crippen LogP contribution in [0.25, 0.3) is 16.9 Å². The van der Waals surface area contributed by atoms with Crippen molar-refractivity contribution in [2.24, 2.45) is 5.41 Å². The Hall–Kier alpha value is -2.54. The van der Waals surface area contributed by atoms with Crippen LogP contribution >= 0.6 is 0 Å². The van der Waals surface area contributed by atoms with Crippen LogP contribution in [-0.4, -0.2) is 29.1 Å². The molecule has 3 rings (SSSR count). The fraction of sp³-hybridized carbons (Fsp3) is 0.500. The first-order chi connectivity index (χ1) is 15.3. The summed E-state index contributed by atoms with van der Waals surface area (Å²) in [5.74, 6) is 1.19. The number of pyridine rings is 1. The van der Waals surface area contributed by atoms with Gasteiger partial charge in [0.1, 0.15) is 22.9 Å². The smallest absolute Gasteiger partial charge is 0.309 e. The van der Waals surface area contributed by atoms with Crippen molar-refractivity contribution in [2.45, 2.75) is 73.3 Å². The number of nitrogens with one attached hydrogen (secondary N) is 1. The van der Waals surface area contributed by atoms with Gasteiger partial charge in [0, 0.05) is 17.3 Å². The van der Waals surface area contributed by atoms with E-state index in [1.807, 2.05) is 32.2 Å². The Morgan fingerprint density at radius 1 is 1.09 bits per heavy atom. The number of hydrogen-bond acceptors (Lipinski definition) is 5. The van der Waals surface area contributed by atoms with Gasteiger partial charge in [0.25, 0.3) is 0 Å². The third-order valence-electron chi connectivity index (χ3n) is 5.29. The quantitative estimate of drug-likeness (QED) is 0.363. The van der Waals surface area contributed by atoms with Crippen LogP contribution in [0.5, 0.6) is 5.75 Å². The molecule has 0 radical (unpaired) electrons. The number of nitrogens with zero attached hydrogens (tertiary/aromatic N) is 2. The second kappa shape index (κ2) is 9.37. The Balaban J connectivity index is 2.05. The van der Waals surface area contributed by atoms with Gasteiger partial charge >= 0.3 is 10.1 Å². The van der Waals surface area contributed by atoms with Crippen molar-refractivity contribution < 1.29 is 12.6 Å². The number of imidazole rings is 1. The highest BCUT2D eigenvalue weighted by molar-refractivity contribution is 7.87. The second-order valence-corrected chi connectivity index (χ2v) is 12.4. The molecule has 0 bridgehead atoms. The van der Waals surface area contributed by atoms with E-state index in [-0.39, 0.29) is 16.7 Å². The van der Waals surface area contributed by atoms with E-state index in [1.54, 1.807) is 18.2 Å². The van der Waals surface area contributed by atoms with E-state index in [0.717, 1.165) is 41.1 Å². The van der Waals surface area contributed by atoms with Crippen LogP contribution in [0, 0.1) is 12.3 Å². The molecule has 2 aromatic heterocycles. The van der Waals surface area contributed by atoms with Gasteiger partial charge in [0.2, 0.25) is 0 Å². The molecule has 0 aliphatic carbocycles. The van der Waals surface area contributed by atoms with Gasteiger partial charge in [-0.25, -0.2) is 4.98 Å². The van der Waals surface area contributed by atoms with Gasteiger partial charge in [-0.1, -0.05) is 46.2 Å². The van der Waals surface area contributed by atoms with Gasteiger partial charge in [0.05, 0.1) is 5.75 Å². The van der Waals surface area contributed by atoms with Crippen molar-refractivity contribution in [2.75, 3.05) is 11.1 Å². The second-order valence-electron chi connectivity index (χ2n) is 10.7. The lowest BCUT2D eigenvalue weighted by atomic mass is 9.82. The lowest BCUT2D eigenvalue weighted by molar-refractivity contribution is 0.302. The zero-order valence-electron chi connectivity index (χ0n) is 20.9. The lowest BCUT2D eigenvalue weighted by Gasteiger charge is -2.34. The monoisotopic (exact) mass is 471 g/mol. The SMILES string of the molecule is CCCCS(=O)(=O)Oc1cccc(-c2nc3cc(C)ccn3c2NC(C)(C)CC(C)(C)C)c1. The number of rotatable bonds is 9. The van der Waals surface area contributed by atoms with Crippen LogP contribution in [0.3, 0.4) is 0 Å². The van der Waals surface area contributed by atoms with Crippen LogP contribution in [0.15, 0.2) is 42.6 Å². The molecule has 0 spiro atoms. The molecule has 3 aromatic rings. The Bertz CT molecular complexity index is 1220. The fourth-order valence-corrected chi connectivity index (χ4v) is 5.48. The van der Waals surface area contributed by atoms with Crippen molar-refractivity contribution in [3.8, 4) is 17.0 Å². The summed E-state index contributed by atoms with van der Waals surface area (Å²) in [5.41, 5.74) is 3.48. The third kappa shape index (κ3) is 6.73. The van der Waals surface area contributed by atoms with Crippen LogP contribution in [0.2, 0.25) is 0 Å². The van der Waals surface area contributed by atoms with Gasteiger partial charge in [-0.15, -0.1) is 0 Å². The molecule has 180 valence electrons. The number of hydrogen-bond donors (Lipinski definition) is 1. The normalized spacial score (nSPS) is 12.8. The van der Waals surface area contributed by atoms with Crippen molar-refractivity contribution in [3.05, 3.63) is 48.2 Å². The summed E-state index contributed by atoms with van der Waals surface area (Å²) in [6.45, 7) is 15.1. The first-order valence-electron chi connectivity index (χ1n) is 11.6. The van der Waals surface area contributed by atoms with E-state index in [1.165, 1.54) is 0 Å². The van der Waals surface area contributed by atoms with E-state index >= 15 is 0 Å². The molecule has 6 nitrogen and oxygen atoms in total. The predicted octanol–water partition coefficient (Wildman–Crippen LogP) is 6.45. The minimum atomic E-state index is -3.63. The first kappa shape index (κ1) is 25.1. The zero-order valence-corrected chi connectivity index (χ0v) is 21.7. The summed E-state index contributed by atoms with van der Waals surface area (Å²) < 4.78 is 32.1. The zero-order chi connectivity index (χ0) is 24.4. The molecule has 0 unspecified atom stereocenters. The minimum absolute atomic E-state index is 0.00909. The van der Waals surface area contributed by atoms with Crippen molar-refractivity contribution >= 4 is 21.6 Å². The topological polar surface area (TPSA) is 72.7 Å². The average Bonchev–Trinajstić information content (AvgIpc) is 3.01. The molecule has 0 aliphatic heterocycles. The molecule has 1 N–H and O–H groups in total. The molecule has 0 saturated heterocycles. The number of unbranched alkanes of at least 4 members (excludes halogenated alkanes) is 1. The molecule has 0 amide bonds. The molecular weight excluding hydrogens is 434 g/mol. The molecule has 33 heavy (non-hydrogen) atoms. The molecule has 1 aromatic carbocycles. The van der Waals surface area contributed by atoms with Crippen molar-refractivity contribution in [3.63, 3.8) is 0 Å². The van der Waals surface area contributed by atoms with Gasteiger partial charge < -0.3 is 9.50 Å². The molecule has 0 aliphatic rings. The molecule has 7 heteroatoms. The molecule has 0 saturated carbocycles. The summed E-state index contributed by atoms with van der Waals surface area (Å²) >= 11 is 0. The van der Waals surface area contributed by atoms with E-state index in [2.05, 4.69) is 50.4 Å². The number of aromatic nitrogens is 2. The standard InChI is InChI=1S/C26H37N3O3S/c1-8-9-15-33(30,31)32-21-12-10-11-20(17-21)23-24(28-26(6,7)18-25(3,4)5)29-14-13-19(2)16-22(29)27-23/h10-14,16-17,28H,8-9,15,18H2,1-7H3. The van der Waals surface area contributed by atoms with Gasteiger partial charge in [0.15, 0.2) is 0 Å². The molecular formula is C26H37N3O3S. The van der Waals surface area contributed by atoms with Crippen molar-refractivity contribution in [1.82, 2.24) is 9.38 Å². The third-order valence-corrected chi connectivity index (χ3v) is 6.52. The van der Waals surface area contributed by atoms with Gasteiger partial charge in [-0.2, -0.15) is 8.42 Å². The largest absolute Gasteiger partial charge is 0.382 e. The highest BCUT2D eigenvalue weighted by Gasteiger charge is 2.28. The number of benzene rings is 1. The maximum atomic E-state index is 12.3. The highest BCUT2D eigenvalue weighted by Crippen LogP contribution is 2.36. The van der Waals surface area contributed by atoms with Crippen LogP contribution in [0.1, 0.15) is 66.4 Å². The Kier molecular flexibility index (Phi) is 7.13. The van der Waals surface area contributed by atoms with Crippen LogP contribution < -0.4 is 9.50 Å². The summed E-state index contributed by atoms with van der Waals surface area (Å²) in [6, 6.07) is 11.3. The summed E-state index contributed by atoms with van der Waals surface area (Å²) in [6.07, 6.45) is 4.34. The van der Waals surface area contributed by atoms with Crippen LogP contribution in [0.4, 0.5) is 5.82 Å². The summed E-state index contributed by atoms with van der Waals surface area (Å²) in [7, 11) is -3.63. The highest BCUT2D eigenvalue weighted by atomic mass is 32.2. The number of anilines is 1. The van der Waals surface area contributed by atoms with Crippen molar-refractivity contribution in [1.29, 1.82) is 0 Å². The Labute approximate surface area is 198 Å². The first-order valence-corrected chi connectivity index (χ1v) is 13.2. The maximum absolute atomic E-state index is 12.3. The summed E-state index contributed by atoms with van der Waals surface area (Å²) in [4.78, 5) is 4.91. The summed E-state index contributed by atoms with van der Waals surface area (Å²) in [5, 5.41) is 3.72. The van der Waals surface area contributed by atoms with E-state index < -0.39 is 10.1 Å². The number of fused-ring (bicyclic) bond motifs is 1. The van der Waals surface area contributed by atoms with E-state index in [4.69, 9.17) is 9.17 Å². The number of aryl methyl sites for hydroxylation is 1. The predicted molar refractivity (Wildman–Crippen MR) is 136 cm³/mol. The molecule has 0 atom stereocenters. The lowest BCUT2D eigenvalue weighted by Crippen LogP contribution is -2.36. The maximum Gasteiger partial charge on any atom is 0.309 e. The molecule has 2 heterocycles. The van der Waals surface area contributed by atoms with Gasteiger partial charge in [-0.05, 0) is 68.9 Å². The average molecular weight is 472 g/mol. The van der Waals surface area contributed by atoms with Gasteiger partial charge in [-0.3, -0.25) is 4.40 Å². The Morgan fingerprint density at radius 2 is 1.82 bits per heavy atom. The van der Waals surface area contributed by atoms with Crippen LogP contribution in [-0.2, 0) is 10.1 Å². The van der Waals surface area contributed by atoms with E-state index in [0.29, 0.717) is 12.2 Å². The Morgan fingerprint density at radius 3 is 2.48 bits per heavy atom. The fourth-order valence-electron chi connectivity index (χ4n) is 4.36.